The van der Waals surface area contributed by atoms with Crippen molar-refractivity contribution in [3.63, 3.8) is 0 Å². The summed E-state index contributed by atoms with van der Waals surface area (Å²) in [6, 6.07) is 0. The Bertz CT molecular complexity index is 591. The number of sulfonamides is 1. The minimum Gasteiger partial charge on any atom is -0.363 e. The van der Waals surface area contributed by atoms with E-state index in [1.54, 1.807) is 0 Å². The number of rotatable bonds is 6. The number of nitro groups is 1. The normalized spacial score (nSPS) is 11.3. The molecule has 1 heterocycles. The van der Waals surface area contributed by atoms with Crippen LogP contribution >= 0.6 is 11.6 Å². The molecular formula is C8H12ClN5O4S. The van der Waals surface area contributed by atoms with Crippen LogP contribution in [0.1, 0.15) is 5.69 Å². The van der Waals surface area contributed by atoms with Crippen molar-refractivity contribution in [2.24, 2.45) is 0 Å². The number of hydrogen-bond donors (Lipinski definition) is 2. The largest absolute Gasteiger partial charge is 0.363 e. The molecule has 0 radical (unpaired) electrons. The van der Waals surface area contributed by atoms with Crippen molar-refractivity contribution in [1.29, 1.82) is 0 Å². The van der Waals surface area contributed by atoms with Crippen molar-refractivity contribution < 1.29 is 13.3 Å². The quantitative estimate of drug-likeness (QED) is 0.335. The maximum absolute atomic E-state index is 10.9. The molecule has 2 N–H and O–H groups in total. The number of aromatic nitrogens is 2. The number of nitrogens with one attached hydrogen (secondary N) is 2. The molecule has 0 saturated heterocycles. The van der Waals surface area contributed by atoms with Gasteiger partial charge in [0.05, 0.1) is 11.2 Å². The third-order valence-electron chi connectivity index (χ3n) is 2.00. The third-order valence-corrected chi connectivity index (χ3v) is 2.89. The lowest BCUT2D eigenvalue weighted by atomic mass is 10.3. The number of aryl methyl sites for hydroxylation is 1. The van der Waals surface area contributed by atoms with Gasteiger partial charge in [0.1, 0.15) is 5.69 Å². The molecule has 0 spiro atoms. The average Bonchev–Trinajstić information content (AvgIpc) is 2.21. The van der Waals surface area contributed by atoms with E-state index in [2.05, 4.69) is 20.0 Å². The maximum atomic E-state index is 10.9. The van der Waals surface area contributed by atoms with Gasteiger partial charge in [-0.15, -0.1) is 0 Å². The van der Waals surface area contributed by atoms with E-state index in [-0.39, 0.29) is 35.6 Å². The molecule has 0 saturated carbocycles. The first-order chi connectivity index (χ1) is 8.70. The van der Waals surface area contributed by atoms with Crippen molar-refractivity contribution in [2.45, 2.75) is 6.92 Å². The Balaban J connectivity index is 2.80. The van der Waals surface area contributed by atoms with Gasteiger partial charge in [-0.2, -0.15) is 4.98 Å². The number of anilines is 1. The van der Waals surface area contributed by atoms with E-state index in [0.717, 1.165) is 6.26 Å². The smallest absolute Gasteiger partial charge is 0.332 e. The topological polar surface area (TPSA) is 127 Å². The van der Waals surface area contributed by atoms with Gasteiger partial charge in [-0.1, -0.05) is 0 Å². The Morgan fingerprint density at radius 3 is 2.53 bits per heavy atom. The van der Waals surface area contributed by atoms with E-state index in [1.807, 2.05) is 0 Å². The van der Waals surface area contributed by atoms with Crippen molar-refractivity contribution >= 4 is 33.1 Å². The van der Waals surface area contributed by atoms with E-state index in [9.17, 15) is 18.5 Å². The SMILES string of the molecule is Cc1nc(Cl)nc(NCCNS(C)(=O)=O)c1[N+](=O)[O-]. The fraction of sp³-hybridized carbons (Fsp3) is 0.500. The lowest BCUT2D eigenvalue weighted by Crippen LogP contribution is -2.28. The van der Waals surface area contributed by atoms with Gasteiger partial charge in [-0.05, 0) is 18.5 Å². The van der Waals surface area contributed by atoms with E-state index in [1.165, 1.54) is 6.92 Å². The molecule has 0 amide bonds. The first-order valence-electron chi connectivity index (χ1n) is 5.07. The fourth-order valence-electron chi connectivity index (χ4n) is 1.29. The Kier molecular flexibility index (Phi) is 4.97. The molecule has 11 heteroatoms. The lowest BCUT2D eigenvalue weighted by molar-refractivity contribution is -0.385. The first kappa shape index (κ1) is 15.5. The summed E-state index contributed by atoms with van der Waals surface area (Å²) in [6.07, 6.45) is 1.02. The molecule has 1 rings (SSSR count). The summed E-state index contributed by atoms with van der Waals surface area (Å²) in [5.74, 6) is -0.0437. The van der Waals surface area contributed by atoms with Crippen molar-refractivity contribution in [3.05, 3.63) is 21.1 Å². The highest BCUT2D eigenvalue weighted by Gasteiger charge is 2.21. The van der Waals surface area contributed by atoms with E-state index >= 15 is 0 Å². The van der Waals surface area contributed by atoms with Crippen LogP contribution in [-0.4, -0.2) is 42.7 Å². The van der Waals surface area contributed by atoms with Gasteiger partial charge in [0, 0.05) is 13.1 Å². The van der Waals surface area contributed by atoms with Crippen LogP contribution in [0.5, 0.6) is 0 Å². The van der Waals surface area contributed by atoms with Gasteiger partial charge < -0.3 is 5.32 Å². The molecule has 0 unspecified atom stereocenters. The molecule has 0 aliphatic rings. The van der Waals surface area contributed by atoms with Gasteiger partial charge >= 0.3 is 5.69 Å². The molecule has 1 aromatic heterocycles. The van der Waals surface area contributed by atoms with Gasteiger partial charge in [0.15, 0.2) is 0 Å². The minimum absolute atomic E-state index is 0.0437. The highest BCUT2D eigenvalue weighted by atomic mass is 35.5. The molecule has 0 aromatic carbocycles. The standard InChI is InChI=1S/C8H12ClN5O4S/c1-5-6(14(15)16)7(13-8(9)12-5)10-3-4-11-19(2,17)18/h11H,3-4H2,1-2H3,(H,10,12,13). The van der Waals surface area contributed by atoms with Crippen LogP contribution < -0.4 is 10.0 Å². The Hall–Kier alpha value is -1.52. The summed E-state index contributed by atoms with van der Waals surface area (Å²) >= 11 is 5.62. The Morgan fingerprint density at radius 1 is 1.37 bits per heavy atom. The first-order valence-corrected chi connectivity index (χ1v) is 7.34. The zero-order chi connectivity index (χ0) is 14.6. The molecule has 0 fully saturated rings. The Morgan fingerprint density at radius 2 is 2.00 bits per heavy atom. The number of nitrogens with zero attached hydrogens (tertiary/aromatic N) is 3. The predicted octanol–water partition coefficient (Wildman–Crippen LogP) is 0.308. The van der Waals surface area contributed by atoms with Crippen LogP contribution in [0.4, 0.5) is 11.5 Å². The zero-order valence-corrected chi connectivity index (χ0v) is 11.7. The zero-order valence-electron chi connectivity index (χ0n) is 10.2. The summed E-state index contributed by atoms with van der Waals surface area (Å²) in [5, 5.41) is 13.4. The Labute approximate surface area is 114 Å². The van der Waals surface area contributed by atoms with Crippen LogP contribution in [0.25, 0.3) is 0 Å². The van der Waals surface area contributed by atoms with E-state index < -0.39 is 14.9 Å². The van der Waals surface area contributed by atoms with Crippen molar-refractivity contribution in [2.75, 3.05) is 24.7 Å². The van der Waals surface area contributed by atoms with Crippen LogP contribution in [0, 0.1) is 17.0 Å². The molecule has 106 valence electrons. The molecule has 0 bridgehead atoms. The third kappa shape index (κ3) is 4.93. The van der Waals surface area contributed by atoms with Crippen molar-refractivity contribution in [3.8, 4) is 0 Å². The summed E-state index contributed by atoms with van der Waals surface area (Å²) in [7, 11) is -3.30. The minimum atomic E-state index is -3.30. The maximum Gasteiger partial charge on any atom is 0.332 e. The van der Waals surface area contributed by atoms with Crippen LogP contribution in [0.15, 0.2) is 0 Å². The second-order valence-corrected chi connectivity index (χ2v) is 5.80. The fourth-order valence-corrected chi connectivity index (χ4v) is 1.98. The molecule has 0 aliphatic carbocycles. The molecule has 0 atom stereocenters. The second kappa shape index (κ2) is 6.08. The second-order valence-electron chi connectivity index (χ2n) is 3.63. The average molecular weight is 310 g/mol. The number of halogens is 1. The lowest BCUT2D eigenvalue weighted by Gasteiger charge is -2.07. The summed E-state index contributed by atoms with van der Waals surface area (Å²) in [5.41, 5.74) is -0.160. The van der Waals surface area contributed by atoms with Crippen LogP contribution in [-0.2, 0) is 10.0 Å². The van der Waals surface area contributed by atoms with Crippen LogP contribution in [0.3, 0.4) is 0 Å². The summed E-state index contributed by atoms with van der Waals surface area (Å²) in [6.45, 7) is 1.63. The molecule has 9 nitrogen and oxygen atoms in total. The number of hydrogen-bond acceptors (Lipinski definition) is 7. The predicted molar refractivity (Wildman–Crippen MR) is 69.8 cm³/mol. The van der Waals surface area contributed by atoms with Gasteiger partial charge in [0.2, 0.25) is 21.1 Å². The summed E-state index contributed by atoms with van der Waals surface area (Å²) < 4.78 is 23.9. The molecule has 0 aliphatic heterocycles. The van der Waals surface area contributed by atoms with Gasteiger partial charge in [-0.3, -0.25) is 10.1 Å². The van der Waals surface area contributed by atoms with Gasteiger partial charge in [0.25, 0.3) is 0 Å². The highest BCUT2D eigenvalue weighted by molar-refractivity contribution is 7.88. The van der Waals surface area contributed by atoms with Gasteiger partial charge in [-0.25, -0.2) is 18.1 Å². The van der Waals surface area contributed by atoms with Crippen molar-refractivity contribution in [1.82, 2.24) is 14.7 Å². The van der Waals surface area contributed by atoms with Crippen LogP contribution in [0.2, 0.25) is 5.28 Å². The molecular weight excluding hydrogens is 298 g/mol. The monoisotopic (exact) mass is 309 g/mol. The van der Waals surface area contributed by atoms with E-state index in [0.29, 0.717) is 0 Å². The molecule has 19 heavy (non-hydrogen) atoms. The highest BCUT2D eigenvalue weighted by Crippen LogP contribution is 2.25. The summed E-state index contributed by atoms with van der Waals surface area (Å²) in [4.78, 5) is 17.6. The van der Waals surface area contributed by atoms with E-state index in [4.69, 9.17) is 11.6 Å². The molecule has 1 aromatic rings.